The number of aliphatic carboxylic acids is 2. The first-order chi connectivity index (χ1) is 8.22. The summed E-state index contributed by atoms with van der Waals surface area (Å²) in [4.78, 5) is 32.8. The largest absolute Gasteiger partial charge is 0.481 e. The molecule has 0 aliphatic heterocycles. The van der Waals surface area contributed by atoms with Crippen LogP contribution in [0, 0.1) is 5.92 Å². The lowest BCUT2D eigenvalue weighted by Crippen LogP contribution is -2.54. The van der Waals surface area contributed by atoms with Crippen molar-refractivity contribution in [3.63, 3.8) is 0 Å². The Labute approximate surface area is 105 Å². The van der Waals surface area contributed by atoms with Crippen molar-refractivity contribution in [3.05, 3.63) is 0 Å². The molecule has 1 aliphatic rings. The summed E-state index contributed by atoms with van der Waals surface area (Å²) in [7, 11) is 0. The summed E-state index contributed by atoms with van der Waals surface area (Å²) in [5.41, 5.74) is -0.406. The van der Waals surface area contributed by atoms with Gasteiger partial charge in [0, 0.05) is 5.54 Å². The molecule has 0 aromatic carbocycles. The van der Waals surface area contributed by atoms with E-state index in [4.69, 9.17) is 10.2 Å². The average molecular weight is 258 g/mol. The monoisotopic (exact) mass is 258 g/mol. The van der Waals surface area contributed by atoms with Crippen LogP contribution in [0.15, 0.2) is 0 Å². The van der Waals surface area contributed by atoms with Crippen molar-refractivity contribution in [2.75, 3.05) is 0 Å². The maximum atomic E-state index is 11.6. The van der Waals surface area contributed by atoms with Crippen molar-refractivity contribution >= 4 is 18.0 Å². The second-order valence-corrected chi connectivity index (χ2v) is 5.08. The molecule has 0 radical (unpaired) electrons. The van der Waals surface area contributed by atoms with E-state index in [0.29, 0.717) is 5.92 Å². The number of hydrogen-bond acceptors (Lipinski definition) is 3. The van der Waals surface area contributed by atoms with Gasteiger partial charge in [-0.15, -0.1) is 0 Å². The normalized spacial score (nSPS) is 16.8. The third-order valence-electron chi connectivity index (χ3n) is 3.02. The predicted octanol–water partition coefficient (Wildman–Crippen LogP) is 0.402. The Morgan fingerprint density at radius 1 is 1.28 bits per heavy atom. The van der Waals surface area contributed by atoms with Crippen LogP contribution < -0.4 is 10.6 Å². The molecule has 0 aromatic rings. The number of amides is 2. The molecular formula is C11H18N2O5. The topological polar surface area (TPSA) is 116 Å². The van der Waals surface area contributed by atoms with Gasteiger partial charge in [-0.25, -0.2) is 9.59 Å². The molecular weight excluding hydrogens is 240 g/mol. The van der Waals surface area contributed by atoms with Gasteiger partial charge in [0.1, 0.15) is 6.04 Å². The minimum absolute atomic E-state index is 0.394. The highest BCUT2D eigenvalue weighted by Crippen LogP contribution is 2.39. The van der Waals surface area contributed by atoms with E-state index >= 15 is 0 Å². The highest BCUT2D eigenvalue weighted by atomic mass is 16.4. The Balaban J connectivity index is 2.50. The standard InChI is InChI=1S/C11H18N2O5/c1-11(2,6-3-4-6)13-10(18)12-7(9(16)17)5-8(14)15/h6-7H,3-5H2,1-2H3,(H,14,15)(H,16,17)(H2,12,13,18)/t7-/m1/s1. The molecule has 0 spiro atoms. The first-order valence-electron chi connectivity index (χ1n) is 5.75. The van der Waals surface area contributed by atoms with Gasteiger partial charge in [-0.05, 0) is 32.6 Å². The van der Waals surface area contributed by atoms with Crippen molar-refractivity contribution in [2.45, 2.75) is 44.7 Å². The summed E-state index contributed by atoms with van der Waals surface area (Å²) < 4.78 is 0. The smallest absolute Gasteiger partial charge is 0.326 e. The first kappa shape index (κ1) is 14.3. The molecule has 2 amide bonds. The molecule has 0 aromatic heterocycles. The Morgan fingerprint density at radius 2 is 1.83 bits per heavy atom. The second-order valence-electron chi connectivity index (χ2n) is 5.08. The molecule has 1 rings (SSSR count). The van der Waals surface area contributed by atoms with E-state index in [1.807, 2.05) is 13.8 Å². The quantitative estimate of drug-likeness (QED) is 0.550. The maximum absolute atomic E-state index is 11.6. The number of carboxylic acids is 2. The van der Waals surface area contributed by atoms with Crippen LogP contribution in [0.4, 0.5) is 4.79 Å². The summed E-state index contributed by atoms with van der Waals surface area (Å²) in [5.74, 6) is -2.24. The molecule has 0 saturated heterocycles. The molecule has 18 heavy (non-hydrogen) atoms. The molecule has 4 N–H and O–H groups in total. The number of hydrogen-bond donors (Lipinski definition) is 4. The number of urea groups is 1. The number of nitrogens with one attached hydrogen (secondary N) is 2. The third-order valence-corrected chi connectivity index (χ3v) is 3.02. The van der Waals surface area contributed by atoms with E-state index in [2.05, 4.69) is 10.6 Å². The number of carbonyl (C=O) groups excluding carboxylic acids is 1. The molecule has 102 valence electrons. The van der Waals surface area contributed by atoms with Gasteiger partial charge in [0.15, 0.2) is 0 Å². The zero-order valence-electron chi connectivity index (χ0n) is 10.4. The maximum Gasteiger partial charge on any atom is 0.326 e. The molecule has 7 nitrogen and oxygen atoms in total. The van der Waals surface area contributed by atoms with Crippen molar-refractivity contribution < 1.29 is 24.6 Å². The van der Waals surface area contributed by atoms with Gasteiger partial charge in [-0.2, -0.15) is 0 Å². The molecule has 0 unspecified atom stereocenters. The fourth-order valence-electron chi connectivity index (χ4n) is 1.77. The number of carbonyl (C=O) groups is 3. The van der Waals surface area contributed by atoms with Crippen LogP contribution in [-0.4, -0.2) is 39.8 Å². The molecule has 7 heteroatoms. The summed E-state index contributed by atoms with van der Waals surface area (Å²) in [6, 6.07) is -2.07. The minimum Gasteiger partial charge on any atom is -0.481 e. The Kier molecular flexibility index (Phi) is 4.15. The SMILES string of the molecule is CC(C)(NC(=O)N[C@H](CC(=O)O)C(=O)O)C1CC1. The zero-order valence-corrected chi connectivity index (χ0v) is 10.4. The molecule has 0 heterocycles. The summed E-state index contributed by atoms with van der Waals surface area (Å²) in [5, 5.41) is 22.2. The highest BCUT2D eigenvalue weighted by molar-refractivity contribution is 5.86. The van der Waals surface area contributed by atoms with Crippen molar-refractivity contribution in [1.29, 1.82) is 0 Å². The Morgan fingerprint density at radius 3 is 2.22 bits per heavy atom. The molecule has 1 fully saturated rings. The molecule has 1 aliphatic carbocycles. The van der Waals surface area contributed by atoms with Crippen molar-refractivity contribution in [1.82, 2.24) is 10.6 Å². The van der Waals surface area contributed by atoms with E-state index in [-0.39, 0.29) is 0 Å². The lowest BCUT2D eigenvalue weighted by atomic mass is 9.99. The van der Waals surface area contributed by atoms with E-state index in [1.54, 1.807) is 0 Å². The Hall–Kier alpha value is -1.79. The van der Waals surface area contributed by atoms with Gasteiger partial charge in [-0.1, -0.05) is 0 Å². The number of rotatable bonds is 6. The van der Waals surface area contributed by atoms with E-state index in [1.165, 1.54) is 0 Å². The van der Waals surface area contributed by atoms with Crippen molar-refractivity contribution in [3.8, 4) is 0 Å². The van der Waals surface area contributed by atoms with Crippen LogP contribution in [-0.2, 0) is 9.59 Å². The lowest BCUT2D eigenvalue weighted by molar-refractivity contribution is -0.145. The minimum atomic E-state index is -1.42. The molecule has 1 atom stereocenters. The summed E-state index contributed by atoms with van der Waals surface area (Å²) in [6.07, 6.45) is 1.42. The Bertz CT molecular complexity index is 362. The van der Waals surface area contributed by atoms with E-state index < -0.39 is 36.0 Å². The highest BCUT2D eigenvalue weighted by Gasteiger charge is 2.39. The average Bonchev–Trinajstić information content (AvgIpc) is 2.97. The van der Waals surface area contributed by atoms with Gasteiger partial charge in [0.25, 0.3) is 0 Å². The van der Waals surface area contributed by atoms with Gasteiger partial charge < -0.3 is 20.8 Å². The second kappa shape index (κ2) is 5.24. The third kappa shape index (κ3) is 4.23. The lowest BCUT2D eigenvalue weighted by Gasteiger charge is -2.27. The fourth-order valence-corrected chi connectivity index (χ4v) is 1.77. The van der Waals surface area contributed by atoms with Crippen LogP contribution in [0.25, 0.3) is 0 Å². The van der Waals surface area contributed by atoms with Gasteiger partial charge >= 0.3 is 18.0 Å². The van der Waals surface area contributed by atoms with E-state index in [9.17, 15) is 14.4 Å². The van der Waals surface area contributed by atoms with Gasteiger partial charge in [-0.3, -0.25) is 4.79 Å². The summed E-state index contributed by atoms with van der Waals surface area (Å²) >= 11 is 0. The van der Waals surface area contributed by atoms with Crippen LogP contribution in [0.5, 0.6) is 0 Å². The van der Waals surface area contributed by atoms with Crippen LogP contribution >= 0.6 is 0 Å². The molecule has 1 saturated carbocycles. The van der Waals surface area contributed by atoms with E-state index in [0.717, 1.165) is 12.8 Å². The molecule has 0 bridgehead atoms. The van der Waals surface area contributed by atoms with Gasteiger partial charge in [0.2, 0.25) is 0 Å². The summed E-state index contributed by atoms with van der Waals surface area (Å²) in [6.45, 7) is 3.72. The van der Waals surface area contributed by atoms with Crippen LogP contribution in [0.2, 0.25) is 0 Å². The number of carboxylic acid groups (broad SMARTS) is 2. The predicted molar refractivity (Wildman–Crippen MR) is 62.1 cm³/mol. The van der Waals surface area contributed by atoms with Crippen LogP contribution in [0.1, 0.15) is 33.1 Å². The fraction of sp³-hybridized carbons (Fsp3) is 0.727. The zero-order chi connectivity index (χ0) is 13.9. The van der Waals surface area contributed by atoms with Crippen molar-refractivity contribution in [2.24, 2.45) is 5.92 Å². The van der Waals surface area contributed by atoms with Crippen LogP contribution in [0.3, 0.4) is 0 Å². The van der Waals surface area contributed by atoms with Gasteiger partial charge in [0.05, 0.1) is 6.42 Å². The first-order valence-corrected chi connectivity index (χ1v) is 5.75.